The monoisotopic (exact) mass is 313 g/mol. The molecule has 3 heterocycles. The van der Waals surface area contributed by atoms with Crippen LogP contribution >= 0.6 is 0 Å². The number of nitrogens with zero attached hydrogens (tertiary/aromatic N) is 1. The van der Waals surface area contributed by atoms with Gasteiger partial charge in [-0.3, -0.25) is 4.90 Å². The maximum absolute atomic E-state index is 3.50. The predicted octanol–water partition coefficient (Wildman–Crippen LogP) is 3.89. The molecule has 3 aliphatic rings. The summed E-state index contributed by atoms with van der Waals surface area (Å²) in [6.45, 7) is 20.9. The number of likely N-dealkylation sites (tertiary alicyclic amines) is 1. The number of rotatable bonds is 2. The van der Waals surface area contributed by atoms with E-state index >= 15 is 0 Å². The first-order valence-electron chi connectivity index (χ1n) is 9.80. The maximum atomic E-state index is 3.50. The minimum Gasteiger partial charge on any atom is -0.314 e. The second-order valence-corrected chi connectivity index (χ2v) is 6.73. The summed E-state index contributed by atoms with van der Waals surface area (Å²) in [4.78, 5) is 2.61. The molecule has 0 aromatic rings. The molecule has 0 aromatic heterocycles. The Morgan fingerprint density at radius 2 is 1.59 bits per heavy atom. The lowest BCUT2D eigenvalue weighted by Gasteiger charge is -2.30. The molecule has 3 fully saturated rings. The van der Waals surface area contributed by atoms with Crippen LogP contribution in [0.1, 0.15) is 74.7 Å². The second kappa shape index (κ2) is 12.3. The van der Waals surface area contributed by atoms with Crippen molar-refractivity contribution in [1.29, 1.82) is 0 Å². The lowest BCUT2D eigenvalue weighted by atomic mass is 10.0. The summed E-state index contributed by atoms with van der Waals surface area (Å²) in [6, 6.07) is 3.23. The summed E-state index contributed by atoms with van der Waals surface area (Å²) in [6.07, 6.45) is 4.15. The summed E-state index contributed by atoms with van der Waals surface area (Å²) < 4.78 is 0. The maximum Gasteiger partial charge on any atom is 0.0239 e. The SMILES string of the molecule is CC.CC.CC(C)C1CCCN1.CC(C)N1CC2CC1CN2. The highest BCUT2D eigenvalue weighted by molar-refractivity contribution is 4.98. The molecule has 3 heteroatoms. The minimum absolute atomic E-state index is 0.747. The van der Waals surface area contributed by atoms with Crippen LogP contribution in [-0.2, 0) is 0 Å². The van der Waals surface area contributed by atoms with Crippen molar-refractivity contribution in [3.05, 3.63) is 0 Å². The quantitative estimate of drug-likeness (QED) is 0.810. The van der Waals surface area contributed by atoms with Gasteiger partial charge in [-0.05, 0) is 45.6 Å². The van der Waals surface area contributed by atoms with E-state index in [-0.39, 0.29) is 0 Å². The Balaban J connectivity index is 0.000000333. The van der Waals surface area contributed by atoms with Crippen LogP contribution in [0.2, 0.25) is 0 Å². The van der Waals surface area contributed by atoms with E-state index in [1.54, 1.807) is 0 Å². The largest absolute Gasteiger partial charge is 0.314 e. The van der Waals surface area contributed by atoms with Crippen molar-refractivity contribution < 1.29 is 0 Å². The first kappa shape index (κ1) is 21.9. The highest BCUT2D eigenvalue weighted by Crippen LogP contribution is 2.24. The Kier molecular flexibility index (Phi) is 12.3. The van der Waals surface area contributed by atoms with Crippen LogP contribution in [0.4, 0.5) is 0 Å². The van der Waals surface area contributed by atoms with Crippen molar-refractivity contribution in [2.45, 2.75) is 98.8 Å². The molecule has 0 spiro atoms. The summed E-state index contributed by atoms with van der Waals surface area (Å²) in [5.41, 5.74) is 0. The fourth-order valence-electron chi connectivity index (χ4n) is 3.51. The van der Waals surface area contributed by atoms with E-state index in [1.165, 1.54) is 38.9 Å². The Labute approximate surface area is 140 Å². The molecule has 3 rings (SSSR count). The molecule has 3 saturated heterocycles. The van der Waals surface area contributed by atoms with Crippen molar-refractivity contribution in [3.63, 3.8) is 0 Å². The van der Waals surface area contributed by atoms with E-state index in [1.807, 2.05) is 27.7 Å². The molecule has 3 unspecified atom stereocenters. The van der Waals surface area contributed by atoms with Crippen molar-refractivity contribution in [3.8, 4) is 0 Å². The molecule has 0 amide bonds. The molecule has 0 aromatic carbocycles. The van der Waals surface area contributed by atoms with E-state index in [0.717, 1.165) is 30.1 Å². The van der Waals surface area contributed by atoms with Crippen LogP contribution in [0.15, 0.2) is 0 Å². The molecule has 2 N–H and O–H groups in total. The van der Waals surface area contributed by atoms with Gasteiger partial charge >= 0.3 is 0 Å². The van der Waals surface area contributed by atoms with Gasteiger partial charge in [0.15, 0.2) is 0 Å². The van der Waals surface area contributed by atoms with Crippen LogP contribution in [0.25, 0.3) is 0 Å². The van der Waals surface area contributed by atoms with Gasteiger partial charge in [0.25, 0.3) is 0 Å². The van der Waals surface area contributed by atoms with Gasteiger partial charge in [0.1, 0.15) is 0 Å². The third-order valence-electron chi connectivity index (χ3n) is 4.67. The zero-order valence-electron chi connectivity index (χ0n) is 16.6. The normalized spacial score (nSPS) is 29.5. The Morgan fingerprint density at radius 1 is 0.955 bits per heavy atom. The number of fused-ring (bicyclic) bond motifs is 2. The van der Waals surface area contributed by atoms with Gasteiger partial charge in [0.2, 0.25) is 0 Å². The zero-order chi connectivity index (χ0) is 17.1. The van der Waals surface area contributed by atoms with Gasteiger partial charge in [-0.25, -0.2) is 0 Å². The Hall–Kier alpha value is -0.120. The molecule has 3 nitrogen and oxygen atoms in total. The number of hydrogen-bond donors (Lipinski definition) is 2. The van der Waals surface area contributed by atoms with E-state index in [2.05, 4.69) is 43.2 Å². The summed E-state index contributed by atoms with van der Waals surface area (Å²) in [5.74, 6) is 0.831. The third kappa shape index (κ3) is 6.97. The molecule has 0 aliphatic carbocycles. The van der Waals surface area contributed by atoms with Crippen LogP contribution in [0.5, 0.6) is 0 Å². The van der Waals surface area contributed by atoms with Gasteiger partial charge in [-0.2, -0.15) is 0 Å². The fraction of sp³-hybridized carbons (Fsp3) is 1.00. The Bertz CT molecular complexity index is 247. The number of piperazine rings is 1. The molecule has 134 valence electrons. The molecule has 22 heavy (non-hydrogen) atoms. The van der Waals surface area contributed by atoms with Crippen LogP contribution < -0.4 is 10.6 Å². The average Bonchev–Trinajstić information content (AvgIpc) is 3.29. The smallest absolute Gasteiger partial charge is 0.0239 e. The summed E-state index contributed by atoms with van der Waals surface area (Å²) >= 11 is 0. The van der Waals surface area contributed by atoms with Crippen molar-refractivity contribution in [2.24, 2.45) is 5.92 Å². The standard InChI is InChI=1S/C8H16N2.C7H15N.2C2H6/c1-6(2)10-5-7-3-8(10)4-9-7;1-6(2)7-4-3-5-8-7;2*1-2/h6-9H,3-5H2,1-2H3;6-8H,3-5H2,1-2H3;2*1-2H3. The second-order valence-electron chi connectivity index (χ2n) is 6.73. The molecular weight excluding hydrogens is 270 g/mol. The van der Waals surface area contributed by atoms with E-state index in [0.29, 0.717) is 0 Å². The van der Waals surface area contributed by atoms with Crippen molar-refractivity contribution in [2.75, 3.05) is 19.6 Å². The third-order valence-corrected chi connectivity index (χ3v) is 4.67. The summed E-state index contributed by atoms with van der Waals surface area (Å²) in [7, 11) is 0. The molecule has 0 radical (unpaired) electrons. The molecule has 2 bridgehead atoms. The first-order chi connectivity index (χ1) is 10.6. The van der Waals surface area contributed by atoms with Gasteiger partial charge in [0.05, 0.1) is 0 Å². The van der Waals surface area contributed by atoms with Crippen molar-refractivity contribution >= 4 is 0 Å². The molecule has 3 aliphatic heterocycles. The van der Waals surface area contributed by atoms with Gasteiger partial charge < -0.3 is 10.6 Å². The highest BCUT2D eigenvalue weighted by atomic mass is 15.3. The molecule has 0 saturated carbocycles. The van der Waals surface area contributed by atoms with E-state index in [4.69, 9.17) is 0 Å². The average molecular weight is 314 g/mol. The lowest BCUT2D eigenvalue weighted by molar-refractivity contribution is 0.181. The van der Waals surface area contributed by atoms with Crippen LogP contribution in [0, 0.1) is 5.92 Å². The van der Waals surface area contributed by atoms with Gasteiger partial charge in [-0.1, -0.05) is 41.5 Å². The van der Waals surface area contributed by atoms with Crippen LogP contribution in [0.3, 0.4) is 0 Å². The van der Waals surface area contributed by atoms with Gasteiger partial charge in [0, 0.05) is 37.3 Å². The molecular formula is C19H43N3. The van der Waals surface area contributed by atoms with Crippen LogP contribution in [-0.4, -0.2) is 48.7 Å². The predicted molar refractivity (Wildman–Crippen MR) is 101 cm³/mol. The number of nitrogens with one attached hydrogen (secondary N) is 2. The van der Waals surface area contributed by atoms with E-state index < -0.39 is 0 Å². The zero-order valence-corrected chi connectivity index (χ0v) is 16.6. The first-order valence-corrected chi connectivity index (χ1v) is 9.80. The number of hydrogen-bond acceptors (Lipinski definition) is 3. The lowest BCUT2D eigenvalue weighted by Crippen LogP contribution is -2.46. The van der Waals surface area contributed by atoms with Gasteiger partial charge in [-0.15, -0.1) is 0 Å². The van der Waals surface area contributed by atoms with Crippen molar-refractivity contribution in [1.82, 2.24) is 15.5 Å². The van der Waals surface area contributed by atoms with E-state index in [9.17, 15) is 0 Å². The minimum atomic E-state index is 0.747. The Morgan fingerprint density at radius 3 is 1.82 bits per heavy atom. The topological polar surface area (TPSA) is 27.3 Å². The molecule has 3 atom stereocenters. The highest BCUT2D eigenvalue weighted by Gasteiger charge is 2.38. The summed E-state index contributed by atoms with van der Waals surface area (Å²) in [5, 5.41) is 6.96. The fourth-order valence-corrected chi connectivity index (χ4v) is 3.51.